The third-order valence-corrected chi connectivity index (χ3v) is 3.95. The van der Waals surface area contributed by atoms with E-state index in [0.717, 1.165) is 19.4 Å². The Morgan fingerprint density at radius 1 is 1.12 bits per heavy atom. The van der Waals surface area contributed by atoms with Gasteiger partial charge in [0.25, 0.3) is 0 Å². The quantitative estimate of drug-likeness (QED) is 0.867. The van der Waals surface area contributed by atoms with Crippen molar-refractivity contribution < 1.29 is 5.11 Å². The van der Waals surface area contributed by atoms with Gasteiger partial charge < -0.3 is 5.11 Å². The van der Waals surface area contributed by atoms with Crippen LogP contribution in [0.25, 0.3) is 0 Å². The summed E-state index contributed by atoms with van der Waals surface area (Å²) in [7, 11) is 0. The number of hydrogen-bond acceptors (Lipinski definition) is 2. The number of likely N-dealkylation sites (tertiary alicyclic amines) is 1. The maximum Gasteiger partial charge on any atom is 0.0460 e. The van der Waals surface area contributed by atoms with Crippen molar-refractivity contribution >= 4 is 0 Å². The van der Waals surface area contributed by atoms with E-state index in [1.165, 1.54) is 5.56 Å². The van der Waals surface area contributed by atoms with E-state index in [2.05, 4.69) is 49.1 Å². The molecule has 0 aliphatic carbocycles. The Balaban J connectivity index is 2.01. The van der Waals surface area contributed by atoms with Crippen molar-refractivity contribution in [3.63, 3.8) is 0 Å². The van der Waals surface area contributed by atoms with Gasteiger partial charge >= 0.3 is 0 Å². The van der Waals surface area contributed by atoms with E-state index in [4.69, 9.17) is 0 Å². The Morgan fingerprint density at radius 3 is 2.24 bits per heavy atom. The van der Waals surface area contributed by atoms with Crippen LogP contribution in [0.2, 0.25) is 0 Å². The van der Waals surface area contributed by atoms with Crippen LogP contribution < -0.4 is 0 Å². The molecule has 0 bridgehead atoms. The molecule has 17 heavy (non-hydrogen) atoms. The number of aliphatic hydroxyl groups excluding tert-OH is 1. The standard InChI is InChI=1S/C15H23NO/c1-12-8-15(11-17)9-13(2)16(12)10-14-6-4-3-5-7-14/h3-7,12-13,15,17H,8-11H2,1-2H3/t12-,13-/m1/s1. The summed E-state index contributed by atoms with van der Waals surface area (Å²) in [5, 5.41) is 9.28. The molecule has 1 fully saturated rings. The van der Waals surface area contributed by atoms with E-state index < -0.39 is 0 Å². The molecule has 2 atom stereocenters. The Labute approximate surface area is 104 Å². The van der Waals surface area contributed by atoms with Crippen LogP contribution in [0.4, 0.5) is 0 Å². The zero-order chi connectivity index (χ0) is 12.3. The molecule has 0 radical (unpaired) electrons. The average molecular weight is 233 g/mol. The lowest BCUT2D eigenvalue weighted by Crippen LogP contribution is -2.46. The molecule has 2 rings (SSSR count). The molecule has 0 amide bonds. The summed E-state index contributed by atoms with van der Waals surface area (Å²) in [5.74, 6) is 0.493. The molecule has 1 aromatic carbocycles. The largest absolute Gasteiger partial charge is 0.396 e. The third kappa shape index (κ3) is 3.08. The molecule has 94 valence electrons. The highest BCUT2D eigenvalue weighted by Gasteiger charge is 2.30. The minimum atomic E-state index is 0.341. The molecule has 1 saturated heterocycles. The first-order chi connectivity index (χ1) is 8.20. The van der Waals surface area contributed by atoms with Gasteiger partial charge in [0.2, 0.25) is 0 Å². The van der Waals surface area contributed by atoms with Crippen molar-refractivity contribution in [3.8, 4) is 0 Å². The first-order valence-corrected chi connectivity index (χ1v) is 6.61. The lowest BCUT2D eigenvalue weighted by Gasteiger charge is -2.42. The van der Waals surface area contributed by atoms with Crippen LogP contribution in [0, 0.1) is 5.92 Å². The summed E-state index contributed by atoms with van der Waals surface area (Å²) in [6.07, 6.45) is 2.24. The fourth-order valence-electron chi connectivity index (χ4n) is 3.02. The zero-order valence-electron chi connectivity index (χ0n) is 10.8. The van der Waals surface area contributed by atoms with Crippen molar-refractivity contribution in [3.05, 3.63) is 35.9 Å². The molecular formula is C15H23NO. The fourth-order valence-corrected chi connectivity index (χ4v) is 3.02. The monoisotopic (exact) mass is 233 g/mol. The van der Waals surface area contributed by atoms with Gasteiger partial charge in [0, 0.05) is 25.2 Å². The molecule has 1 heterocycles. The van der Waals surface area contributed by atoms with Crippen LogP contribution in [0.3, 0.4) is 0 Å². The van der Waals surface area contributed by atoms with Crippen LogP contribution in [0.1, 0.15) is 32.3 Å². The first-order valence-electron chi connectivity index (χ1n) is 6.61. The summed E-state index contributed by atoms with van der Waals surface area (Å²) in [4.78, 5) is 2.56. The van der Waals surface area contributed by atoms with Crippen molar-refractivity contribution in [1.29, 1.82) is 0 Å². The molecule has 1 N–H and O–H groups in total. The smallest absolute Gasteiger partial charge is 0.0460 e. The molecule has 1 aromatic rings. The molecular weight excluding hydrogens is 210 g/mol. The van der Waals surface area contributed by atoms with E-state index in [1.807, 2.05) is 0 Å². The highest BCUT2D eigenvalue weighted by molar-refractivity contribution is 5.14. The minimum Gasteiger partial charge on any atom is -0.396 e. The molecule has 2 heteroatoms. The van der Waals surface area contributed by atoms with Gasteiger partial charge in [0.15, 0.2) is 0 Å². The second-order valence-electron chi connectivity index (χ2n) is 5.38. The normalized spacial score (nSPS) is 30.4. The average Bonchev–Trinajstić information content (AvgIpc) is 2.35. The van der Waals surface area contributed by atoms with Gasteiger partial charge in [-0.1, -0.05) is 30.3 Å². The molecule has 2 nitrogen and oxygen atoms in total. The van der Waals surface area contributed by atoms with Gasteiger partial charge in [-0.3, -0.25) is 4.90 Å². The van der Waals surface area contributed by atoms with E-state index in [1.54, 1.807) is 0 Å². The molecule has 0 spiro atoms. The Hall–Kier alpha value is -0.860. The molecule has 0 unspecified atom stereocenters. The number of benzene rings is 1. The predicted molar refractivity (Wildman–Crippen MR) is 70.7 cm³/mol. The van der Waals surface area contributed by atoms with E-state index >= 15 is 0 Å². The zero-order valence-corrected chi connectivity index (χ0v) is 10.8. The Kier molecular flexibility index (Phi) is 4.19. The van der Waals surface area contributed by atoms with Crippen LogP contribution in [-0.4, -0.2) is 28.7 Å². The fraction of sp³-hybridized carbons (Fsp3) is 0.600. The van der Waals surface area contributed by atoms with Crippen molar-refractivity contribution in [2.45, 2.75) is 45.3 Å². The Morgan fingerprint density at radius 2 is 1.71 bits per heavy atom. The molecule has 0 saturated carbocycles. The minimum absolute atomic E-state index is 0.341. The van der Waals surface area contributed by atoms with Gasteiger partial charge in [0.1, 0.15) is 0 Å². The van der Waals surface area contributed by atoms with E-state index in [9.17, 15) is 5.11 Å². The highest BCUT2D eigenvalue weighted by atomic mass is 16.3. The molecule has 0 aromatic heterocycles. The third-order valence-electron chi connectivity index (χ3n) is 3.95. The summed E-state index contributed by atoms with van der Waals surface area (Å²) in [5.41, 5.74) is 1.38. The van der Waals surface area contributed by atoms with Crippen molar-refractivity contribution in [1.82, 2.24) is 4.90 Å². The van der Waals surface area contributed by atoms with Crippen LogP contribution >= 0.6 is 0 Å². The number of nitrogens with zero attached hydrogens (tertiary/aromatic N) is 1. The SMILES string of the molecule is C[C@@H]1CC(CO)C[C@@H](C)N1Cc1ccccc1. The number of rotatable bonds is 3. The second kappa shape index (κ2) is 5.65. The molecule has 1 aliphatic rings. The van der Waals surface area contributed by atoms with Gasteiger partial charge in [-0.05, 0) is 38.2 Å². The number of piperidine rings is 1. The van der Waals surface area contributed by atoms with E-state index in [-0.39, 0.29) is 0 Å². The Bertz CT molecular complexity index is 326. The van der Waals surface area contributed by atoms with Gasteiger partial charge in [-0.2, -0.15) is 0 Å². The van der Waals surface area contributed by atoms with Crippen LogP contribution in [0.5, 0.6) is 0 Å². The predicted octanol–water partition coefficient (Wildman–Crippen LogP) is 2.67. The van der Waals surface area contributed by atoms with Gasteiger partial charge in [-0.25, -0.2) is 0 Å². The van der Waals surface area contributed by atoms with Gasteiger partial charge in [0.05, 0.1) is 0 Å². The summed E-state index contributed by atoms with van der Waals surface area (Å²) >= 11 is 0. The highest BCUT2D eigenvalue weighted by Crippen LogP contribution is 2.28. The topological polar surface area (TPSA) is 23.5 Å². The van der Waals surface area contributed by atoms with Crippen molar-refractivity contribution in [2.24, 2.45) is 5.92 Å². The van der Waals surface area contributed by atoms with Crippen LogP contribution in [-0.2, 0) is 6.54 Å². The summed E-state index contributed by atoms with van der Waals surface area (Å²) < 4.78 is 0. The lowest BCUT2D eigenvalue weighted by molar-refractivity contribution is 0.0411. The number of aliphatic hydroxyl groups is 1. The summed E-state index contributed by atoms with van der Waals surface area (Å²) in [6.45, 7) is 5.93. The van der Waals surface area contributed by atoms with E-state index in [0.29, 0.717) is 24.6 Å². The first kappa shape index (κ1) is 12.6. The van der Waals surface area contributed by atoms with Crippen molar-refractivity contribution in [2.75, 3.05) is 6.61 Å². The van der Waals surface area contributed by atoms with Crippen LogP contribution in [0.15, 0.2) is 30.3 Å². The number of hydrogen-bond donors (Lipinski definition) is 1. The summed E-state index contributed by atoms with van der Waals surface area (Å²) in [6, 6.07) is 11.8. The maximum absolute atomic E-state index is 9.28. The maximum atomic E-state index is 9.28. The van der Waals surface area contributed by atoms with Gasteiger partial charge in [-0.15, -0.1) is 0 Å². The lowest BCUT2D eigenvalue weighted by atomic mass is 9.87. The second-order valence-corrected chi connectivity index (χ2v) is 5.38. The molecule has 1 aliphatic heterocycles.